The van der Waals surface area contributed by atoms with E-state index in [2.05, 4.69) is 5.32 Å². The third kappa shape index (κ3) is 3.18. The highest BCUT2D eigenvalue weighted by atomic mass is 16.6. The molecule has 21 heavy (non-hydrogen) atoms. The molecule has 112 valence electrons. The molecular weight excluding hydrogens is 276 g/mol. The van der Waals surface area contributed by atoms with E-state index in [1.54, 1.807) is 13.0 Å². The Hall–Kier alpha value is -2.44. The summed E-state index contributed by atoms with van der Waals surface area (Å²) in [6, 6.07) is 4.20. The van der Waals surface area contributed by atoms with Gasteiger partial charge in [0.25, 0.3) is 11.6 Å². The van der Waals surface area contributed by atoms with Crippen LogP contribution in [-0.4, -0.2) is 27.9 Å². The van der Waals surface area contributed by atoms with Gasteiger partial charge in [0.2, 0.25) is 0 Å². The van der Waals surface area contributed by atoms with Crippen molar-refractivity contribution in [2.24, 2.45) is 5.92 Å². The molecule has 2 N–H and O–H groups in total. The van der Waals surface area contributed by atoms with E-state index >= 15 is 0 Å². The number of hydrogen-bond acceptors (Lipinski definition) is 4. The second kappa shape index (κ2) is 5.90. The zero-order valence-electron chi connectivity index (χ0n) is 11.5. The minimum Gasteiger partial charge on any atom is -0.481 e. The van der Waals surface area contributed by atoms with Crippen LogP contribution in [-0.2, 0) is 4.79 Å². The standard InChI is InChI=1S/C14H16N2O5/c1-8-3-2-4-11(16(20)21)12(8)13(17)15-10-6-5-9(7-10)14(18)19/h2-4,9-10H,5-7H2,1H3,(H,15,17)(H,18,19)/t9-,10+/m1/s1. The summed E-state index contributed by atoms with van der Waals surface area (Å²) in [5.41, 5.74) is 0.330. The molecule has 1 aromatic rings. The maximum absolute atomic E-state index is 12.3. The predicted octanol–water partition coefficient (Wildman–Crippen LogP) is 1.89. The number of amides is 1. The van der Waals surface area contributed by atoms with Gasteiger partial charge in [0.1, 0.15) is 5.56 Å². The molecule has 0 radical (unpaired) electrons. The number of carboxylic acid groups (broad SMARTS) is 1. The fraction of sp³-hybridized carbons (Fsp3) is 0.429. The van der Waals surface area contributed by atoms with E-state index < -0.39 is 22.7 Å². The Kier molecular flexibility index (Phi) is 4.21. The highest BCUT2D eigenvalue weighted by Crippen LogP contribution is 2.27. The lowest BCUT2D eigenvalue weighted by Crippen LogP contribution is -2.34. The number of rotatable bonds is 4. The summed E-state index contributed by atoms with van der Waals surface area (Å²) in [4.78, 5) is 33.6. The van der Waals surface area contributed by atoms with Gasteiger partial charge in [-0.25, -0.2) is 0 Å². The number of nitrogens with one attached hydrogen (secondary N) is 1. The molecule has 0 aliphatic heterocycles. The number of nitro benzene ring substituents is 1. The number of carboxylic acids is 1. The van der Waals surface area contributed by atoms with Gasteiger partial charge in [0.05, 0.1) is 10.8 Å². The number of benzene rings is 1. The van der Waals surface area contributed by atoms with Crippen LogP contribution in [0.5, 0.6) is 0 Å². The van der Waals surface area contributed by atoms with Gasteiger partial charge in [0.15, 0.2) is 0 Å². The van der Waals surface area contributed by atoms with Gasteiger partial charge in [0, 0.05) is 12.1 Å². The zero-order valence-corrected chi connectivity index (χ0v) is 11.5. The minimum atomic E-state index is -0.867. The number of carbonyl (C=O) groups is 2. The lowest BCUT2D eigenvalue weighted by atomic mass is 10.0. The van der Waals surface area contributed by atoms with Crippen LogP contribution in [0.15, 0.2) is 18.2 Å². The largest absolute Gasteiger partial charge is 0.481 e. The number of carbonyl (C=O) groups excluding carboxylic acids is 1. The summed E-state index contributed by atoms with van der Waals surface area (Å²) >= 11 is 0. The first-order valence-corrected chi connectivity index (χ1v) is 6.67. The highest BCUT2D eigenvalue weighted by Gasteiger charge is 2.32. The molecule has 0 saturated heterocycles. The topological polar surface area (TPSA) is 110 Å². The first-order valence-electron chi connectivity index (χ1n) is 6.67. The Morgan fingerprint density at radius 1 is 1.38 bits per heavy atom. The van der Waals surface area contributed by atoms with Gasteiger partial charge in [-0.2, -0.15) is 0 Å². The third-order valence-electron chi connectivity index (χ3n) is 3.79. The summed E-state index contributed by atoms with van der Waals surface area (Å²) in [7, 11) is 0. The first kappa shape index (κ1) is 15.0. The zero-order chi connectivity index (χ0) is 15.6. The van der Waals surface area contributed by atoms with Crippen molar-refractivity contribution in [2.45, 2.75) is 32.2 Å². The van der Waals surface area contributed by atoms with E-state index in [1.165, 1.54) is 12.1 Å². The molecule has 7 nitrogen and oxygen atoms in total. The van der Waals surface area contributed by atoms with Crippen LogP contribution in [0.25, 0.3) is 0 Å². The summed E-state index contributed by atoms with van der Waals surface area (Å²) < 4.78 is 0. The molecule has 0 heterocycles. The second-order valence-electron chi connectivity index (χ2n) is 5.24. The molecule has 1 aliphatic rings. The van der Waals surface area contributed by atoms with Crippen molar-refractivity contribution < 1.29 is 19.6 Å². The van der Waals surface area contributed by atoms with Crippen molar-refractivity contribution in [3.05, 3.63) is 39.4 Å². The normalized spacial score (nSPS) is 21.0. The molecule has 1 fully saturated rings. The highest BCUT2D eigenvalue weighted by molar-refractivity contribution is 5.99. The van der Waals surface area contributed by atoms with E-state index in [0.29, 0.717) is 24.8 Å². The molecule has 1 aliphatic carbocycles. The monoisotopic (exact) mass is 292 g/mol. The summed E-state index contributed by atoms with van der Waals surface area (Å²) in [6.45, 7) is 1.64. The maximum atomic E-state index is 12.3. The summed E-state index contributed by atoms with van der Waals surface area (Å²) in [5.74, 6) is -1.84. The van der Waals surface area contributed by atoms with Gasteiger partial charge in [-0.3, -0.25) is 19.7 Å². The number of hydrogen-bond donors (Lipinski definition) is 2. The van der Waals surface area contributed by atoms with Crippen molar-refractivity contribution in [3.63, 3.8) is 0 Å². The van der Waals surface area contributed by atoms with Crippen molar-refractivity contribution >= 4 is 17.6 Å². The Morgan fingerprint density at radius 3 is 2.67 bits per heavy atom. The third-order valence-corrected chi connectivity index (χ3v) is 3.79. The van der Waals surface area contributed by atoms with Gasteiger partial charge in [-0.1, -0.05) is 12.1 Å². The molecular formula is C14H16N2O5. The van der Waals surface area contributed by atoms with Crippen LogP contribution >= 0.6 is 0 Å². The first-order chi connectivity index (χ1) is 9.90. The molecule has 0 spiro atoms. The molecule has 1 aromatic carbocycles. The van der Waals surface area contributed by atoms with E-state index in [0.717, 1.165) is 0 Å². The van der Waals surface area contributed by atoms with E-state index in [4.69, 9.17) is 5.11 Å². The minimum absolute atomic E-state index is 0.0428. The molecule has 7 heteroatoms. The summed E-state index contributed by atoms with van der Waals surface area (Å²) in [6.07, 6.45) is 1.44. The van der Waals surface area contributed by atoms with Gasteiger partial charge < -0.3 is 10.4 Å². The van der Waals surface area contributed by atoms with Crippen LogP contribution < -0.4 is 5.32 Å². The Bertz CT molecular complexity index is 599. The van der Waals surface area contributed by atoms with Crippen LogP contribution in [0, 0.1) is 23.0 Å². The second-order valence-corrected chi connectivity index (χ2v) is 5.24. The van der Waals surface area contributed by atoms with Gasteiger partial charge in [-0.15, -0.1) is 0 Å². The van der Waals surface area contributed by atoms with Crippen molar-refractivity contribution in [2.75, 3.05) is 0 Å². The summed E-state index contributed by atoms with van der Waals surface area (Å²) in [5, 5.41) is 22.7. The average Bonchev–Trinajstić information content (AvgIpc) is 2.86. The van der Waals surface area contributed by atoms with Crippen LogP contribution in [0.4, 0.5) is 5.69 Å². The van der Waals surface area contributed by atoms with Crippen LogP contribution in [0.3, 0.4) is 0 Å². The van der Waals surface area contributed by atoms with Crippen molar-refractivity contribution in [3.8, 4) is 0 Å². The lowest BCUT2D eigenvalue weighted by Gasteiger charge is -2.13. The Morgan fingerprint density at radius 2 is 2.10 bits per heavy atom. The molecule has 2 rings (SSSR count). The number of aryl methyl sites for hydroxylation is 1. The smallest absolute Gasteiger partial charge is 0.306 e. The predicted molar refractivity (Wildman–Crippen MR) is 74.1 cm³/mol. The van der Waals surface area contributed by atoms with Crippen molar-refractivity contribution in [1.29, 1.82) is 0 Å². The molecule has 1 amide bonds. The number of nitro groups is 1. The van der Waals surface area contributed by atoms with Gasteiger partial charge >= 0.3 is 5.97 Å². The van der Waals surface area contributed by atoms with Gasteiger partial charge in [-0.05, 0) is 31.7 Å². The molecule has 1 saturated carbocycles. The van der Waals surface area contributed by atoms with E-state index in [1.807, 2.05) is 0 Å². The molecule has 0 bridgehead atoms. The van der Waals surface area contributed by atoms with E-state index in [9.17, 15) is 19.7 Å². The number of aliphatic carboxylic acids is 1. The fourth-order valence-corrected chi connectivity index (χ4v) is 2.69. The number of nitrogens with zero attached hydrogens (tertiary/aromatic N) is 1. The Balaban J connectivity index is 2.15. The maximum Gasteiger partial charge on any atom is 0.306 e. The lowest BCUT2D eigenvalue weighted by molar-refractivity contribution is -0.385. The Labute approximate surface area is 121 Å². The van der Waals surface area contributed by atoms with Crippen molar-refractivity contribution in [1.82, 2.24) is 5.32 Å². The molecule has 0 aromatic heterocycles. The van der Waals surface area contributed by atoms with E-state index in [-0.39, 0.29) is 17.3 Å². The van der Waals surface area contributed by atoms with Crippen LogP contribution in [0.2, 0.25) is 0 Å². The molecule has 2 atom stereocenters. The quantitative estimate of drug-likeness (QED) is 0.650. The average molecular weight is 292 g/mol. The SMILES string of the molecule is Cc1cccc([N+](=O)[O-])c1C(=O)N[C@H]1CC[C@@H](C(=O)O)C1. The van der Waals surface area contributed by atoms with Crippen LogP contribution in [0.1, 0.15) is 35.2 Å². The molecule has 0 unspecified atom stereocenters. The fourth-order valence-electron chi connectivity index (χ4n) is 2.69.